The summed E-state index contributed by atoms with van der Waals surface area (Å²) in [5.74, 6) is 1.67. The van der Waals surface area contributed by atoms with Crippen molar-refractivity contribution >= 4 is 41.1 Å². The Bertz CT molecular complexity index is 1800. The summed E-state index contributed by atoms with van der Waals surface area (Å²) >= 11 is 0. The smallest absolute Gasteiger partial charge is 0.327 e. The van der Waals surface area contributed by atoms with Crippen molar-refractivity contribution in [1.29, 1.82) is 0 Å². The van der Waals surface area contributed by atoms with Crippen LogP contribution in [0.2, 0.25) is 0 Å². The minimum atomic E-state index is -0.307. The SMILES string of the molecule is CC=[N+](c1ccccn1)c1c(C)cc(-c2cc([N+](=O)[O-])cc(-c3cc(C)c([N+](=CC)c4ccccn4)c(C)c3)c2C)cc1C.[Br-].[Br-].[Br-].[Br-].[Pd].[Pd]. The van der Waals surface area contributed by atoms with Crippen molar-refractivity contribution in [2.45, 2.75) is 48.5 Å². The second kappa shape index (κ2) is 22.1. The minimum absolute atomic E-state index is 0. The normalized spacial score (nSPS) is 10.5. The Morgan fingerprint density at radius 2 is 0.920 bits per heavy atom. The molecule has 0 saturated carbocycles. The third-order valence-electron chi connectivity index (χ3n) is 8.00. The van der Waals surface area contributed by atoms with Crippen LogP contribution in [0.15, 0.2) is 85.2 Å². The third kappa shape index (κ3) is 10.5. The standard InChI is InChI=1S/C37H37N5O2.4BrH.2Pd/c1-8-40(34-14-10-12-16-38-34)36-24(3)18-29(19-25(36)4)32-22-31(42(43)44)23-33(28(32)7)30-20-26(5)37(27(6)21-30)41(9-2)35-15-11-13-17-39-35;;;;;;/h8-23H,1-7H3;4*1H;;/q+2;;;;;;/p-4. The Morgan fingerprint density at radius 3 is 1.18 bits per heavy atom. The van der Waals surface area contributed by atoms with Gasteiger partial charge in [0.1, 0.15) is 23.8 Å². The van der Waals surface area contributed by atoms with Crippen LogP contribution in [0, 0.1) is 44.7 Å². The van der Waals surface area contributed by atoms with Crippen LogP contribution in [0.25, 0.3) is 22.3 Å². The van der Waals surface area contributed by atoms with Gasteiger partial charge < -0.3 is 67.9 Å². The van der Waals surface area contributed by atoms with Gasteiger partial charge in [-0.15, -0.1) is 0 Å². The van der Waals surface area contributed by atoms with E-state index in [-0.39, 0.29) is 119 Å². The van der Waals surface area contributed by atoms with Gasteiger partial charge in [-0.3, -0.25) is 10.1 Å². The Hall–Kier alpha value is -2.06. The first-order valence-corrected chi connectivity index (χ1v) is 14.7. The number of aryl methyl sites for hydroxylation is 4. The Kier molecular flexibility index (Phi) is 22.1. The van der Waals surface area contributed by atoms with Gasteiger partial charge in [-0.05, 0) is 145 Å². The number of pyridine rings is 2. The molecule has 0 N–H and O–H groups in total. The first kappa shape index (κ1) is 50.1. The summed E-state index contributed by atoms with van der Waals surface area (Å²) in [4.78, 5) is 21.0. The zero-order valence-corrected chi connectivity index (χ0v) is 37.9. The van der Waals surface area contributed by atoms with Crippen molar-refractivity contribution in [3.63, 3.8) is 0 Å². The van der Waals surface area contributed by atoms with Gasteiger partial charge in [-0.2, -0.15) is 0 Å². The molecule has 0 bridgehead atoms. The molecular formula is C37H37Br4N5O2Pd2-2. The van der Waals surface area contributed by atoms with Crippen molar-refractivity contribution < 1.29 is 114 Å². The molecule has 5 rings (SSSR count). The van der Waals surface area contributed by atoms with Crippen LogP contribution in [-0.2, 0) is 40.8 Å². The number of non-ortho nitro benzene ring substituents is 1. The average molecular weight is 1120 g/mol. The van der Waals surface area contributed by atoms with Crippen LogP contribution < -0.4 is 77.1 Å². The number of hydrogen-bond donors (Lipinski definition) is 0. The zero-order chi connectivity index (χ0) is 31.5. The van der Waals surface area contributed by atoms with E-state index in [1.165, 1.54) is 0 Å². The van der Waals surface area contributed by atoms with Gasteiger partial charge in [-0.25, -0.2) is 9.15 Å². The van der Waals surface area contributed by atoms with Crippen molar-refractivity contribution in [2.75, 3.05) is 0 Å². The summed E-state index contributed by atoms with van der Waals surface area (Å²) in [5.41, 5.74) is 10.9. The molecule has 50 heavy (non-hydrogen) atoms. The maximum atomic E-state index is 12.2. The molecular weight excluding hydrogens is 1080 g/mol. The average Bonchev–Trinajstić information content (AvgIpc) is 3.01. The van der Waals surface area contributed by atoms with Crippen molar-refractivity contribution in [3.8, 4) is 22.3 Å². The summed E-state index contributed by atoms with van der Waals surface area (Å²) in [7, 11) is 0. The number of nitrogens with zero attached hydrogens (tertiary/aromatic N) is 5. The number of aromatic nitrogens is 2. The van der Waals surface area contributed by atoms with E-state index in [1.807, 2.05) is 69.6 Å². The van der Waals surface area contributed by atoms with Gasteiger partial charge in [-0.1, -0.05) is 12.1 Å². The molecule has 0 unspecified atom stereocenters. The van der Waals surface area contributed by atoms with Crippen molar-refractivity contribution in [1.82, 2.24) is 19.1 Å². The summed E-state index contributed by atoms with van der Waals surface area (Å²) in [6, 6.07) is 23.5. The fourth-order valence-corrected chi connectivity index (χ4v) is 6.13. The molecule has 2 aromatic heterocycles. The molecule has 3 aromatic carbocycles. The Labute approximate surface area is 364 Å². The molecule has 0 radical (unpaired) electrons. The van der Waals surface area contributed by atoms with E-state index < -0.39 is 0 Å². The third-order valence-corrected chi connectivity index (χ3v) is 8.00. The van der Waals surface area contributed by atoms with Gasteiger partial charge in [0, 0.05) is 65.1 Å². The topological polar surface area (TPSA) is 74.9 Å². The molecule has 13 heteroatoms. The van der Waals surface area contributed by atoms with Gasteiger partial charge in [0.25, 0.3) is 5.69 Å². The van der Waals surface area contributed by atoms with Gasteiger partial charge in [0.2, 0.25) is 0 Å². The minimum Gasteiger partial charge on any atom is -1.00 e. The number of nitro benzene ring substituents is 1. The Morgan fingerprint density at radius 1 is 0.580 bits per heavy atom. The van der Waals surface area contributed by atoms with E-state index in [1.54, 1.807) is 24.5 Å². The largest absolute Gasteiger partial charge is 1.00 e. The van der Waals surface area contributed by atoms with E-state index in [9.17, 15) is 10.1 Å². The fourth-order valence-electron chi connectivity index (χ4n) is 6.13. The molecule has 0 aliphatic rings. The van der Waals surface area contributed by atoms with E-state index in [2.05, 4.69) is 71.1 Å². The maximum Gasteiger partial charge on any atom is 0.327 e. The summed E-state index contributed by atoms with van der Waals surface area (Å²) in [5, 5.41) is 12.2. The molecule has 0 amide bonds. The Balaban J connectivity index is 0. The summed E-state index contributed by atoms with van der Waals surface area (Å²) in [6.45, 7) is 14.3. The van der Waals surface area contributed by atoms with Crippen molar-refractivity contribution in [3.05, 3.63) is 123 Å². The number of nitro groups is 1. The molecule has 0 saturated heterocycles. The van der Waals surface area contributed by atoms with E-state index >= 15 is 0 Å². The molecule has 0 fully saturated rings. The van der Waals surface area contributed by atoms with Crippen LogP contribution >= 0.6 is 0 Å². The molecule has 7 nitrogen and oxygen atoms in total. The van der Waals surface area contributed by atoms with Crippen LogP contribution in [0.4, 0.5) is 28.7 Å². The van der Waals surface area contributed by atoms with Crippen LogP contribution in [0.1, 0.15) is 41.7 Å². The predicted molar refractivity (Wildman–Crippen MR) is 183 cm³/mol. The van der Waals surface area contributed by atoms with Gasteiger partial charge >= 0.3 is 11.6 Å². The van der Waals surface area contributed by atoms with Crippen molar-refractivity contribution in [2.24, 2.45) is 0 Å². The quantitative estimate of drug-likeness (QED) is 0.0579. The van der Waals surface area contributed by atoms with Crippen LogP contribution in [-0.4, -0.2) is 27.3 Å². The zero-order valence-electron chi connectivity index (χ0n) is 28.4. The molecule has 272 valence electrons. The predicted octanol–water partition coefficient (Wildman–Crippen LogP) is -2.88. The fraction of sp³-hybridized carbons (Fsp3) is 0.189. The van der Waals surface area contributed by atoms with Crippen LogP contribution in [0.5, 0.6) is 0 Å². The van der Waals surface area contributed by atoms with E-state index in [0.717, 1.165) is 73.1 Å². The second-order valence-electron chi connectivity index (χ2n) is 11.0. The summed E-state index contributed by atoms with van der Waals surface area (Å²) in [6.07, 6.45) is 7.58. The summed E-state index contributed by atoms with van der Waals surface area (Å²) < 4.78 is 4.16. The molecule has 5 aromatic rings. The van der Waals surface area contributed by atoms with E-state index in [0.29, 0.717) is 0 Å². The molecule has 0 spiro atoms. The molecule has 0 aliphatic carbocycles. The molecule has 0 atom stereocenters. The van der Waals surface area contributed by atoms with Gasteiger partial charge in [0.15, 0.2) is 0 Å². The van der Waals surface area contributed by atoms with Crippen LogP contribution in [0.3, 0.4) is 0 Å². The number of rotatable bonds is 7. The molecule has 0 aliphatic heterocycles. The first-order valence-electron chi connectivity index (χ1n) is 14.7. The van der Waals surface area contributed by atoms with Gasteiger partial charge in [0.05, 0.1) is 17.4 Å². The number of hydrogen-bond acceptors (Lipinski definition) is 4. The number of benzene rings is 3. The monoisotopic (exact) mass is 1110 g/mol. The maximum absolute atomic E-state index is 12.2. The molecule has 2 heterocycles. The number of halogens is 4. The second-order valence-corrected chi connectivity index (χ2v) is 11.0. The van der Waals surface area contributed by atoms with E-state index in [4.69, 9.17) is 0 Å². The first-order chi connectivity index (χ1) is 21.1.